The van der Waals surface area contributed by atoms with Gasteiger partial charge in [0.15, 0.2) is 0 Å². The van der Waals surface area contributed by atoms with Crippen LogP contribution in [-0.4, -0.2) is 58.8 Å². The predicted octanol–water partition coefficient (Wildman–Crippen LogP) is 4.70. The van der Waals surface area contributed by atoms with Crippen LogP contribution in [-0.2, 0) is 14.3 Å². The second-order valence-corrected chi connectivity index (χ2v) is 11.2. The van der Waals surface area contributed by atoms with Gasteiger partial charge in [0.25, 0.3) is 0 Å². The van der Waals surface area contributed by atoms with E-state index in [2.05, 4.69) is 17.6 Å². The number of rotatable bonds is 11. The van der Waals surface area contributed by atoms with E-state index in [-0.39, 0.29) is 11.9 Å². The molecule has 2 atom stereocenters. The van der Waals surface area contributed by atoms with Gasteiger partial charge in [-0.25, -0.2) is 4.79 Å². The molecule has 0 bridgehead atoms. The van der Waals surface area contributed by atoms with Crippen molar-refractivity contribution in [1.82, 2.24) is 15.5 Å². The van der Waals surface area contributed by atoms with Crippen molar-refractivity contribution in [3.05, 3.63) is 34.9 Å². The molecular weight excluding hydrogens is 470 g/mol. The van der Waals surface area contributed by atoms with E-state index in [1.807, 2.05) is 32.0 Å². The van der Waals surface area contributed by atoms with Crippen LogP contribution >= 0.6 is 0 Å². The number of amides is 3. The molecule has 0 heterocycles. The molecule has 8 nitrogen and oxygen atoms in total. The molecule has 1 saturated carbocycles. The van der Waals surface area contributed by atoms with Crippen molar-refractivity contribution in [2.75, 3.05) is 13.2 Å². The molecule has 0 aromatic heterocycles. The van der Waals surface area contributed by atoms with Gasteiger partial charge in [0.2, 0.25) is 11.8 Å². The molecule has 0 spiro atoms. The normalized spacial score (nSPS) is 16.0. The van der Waals surface area contributed by atoms with Crippen molar-refractivity contribution in [3.63, 3.8) is 0 Å². The maximum Gasteiger partial charge on any atom is 0.408 e. The SMILES string of the molecule is CCCCCN(C(=O)C(CO)NC(=O)OC(C)(C)C)C(C(=O)NC1CCCCC1)c1cc(C)ccc1C. The third kappa shape index (κ3) is 9.65. The Morgan fingerprint density at radius 1 is 1.11 bits per heavy atom. The second kappa shape index (κ2) is 14.4. The van der Waals surface area contributed by atoms with E-state index in [1.165, 1.54) is 11.3 Å². The van der Waals surface area contributed by atoms with Gasteiger partial charge in [-0.1, -0.05) is 62.8 Å². The van der Waals surface area contributed by atoms with Crippen LogP contribution in [0.1, 0.15) is 102 Å². The molecule has 3 N–H and O–H groups in total. The molecule has 2 rings (SSSR count). The van der Waals surface area contributed by atoms with Crippen LogP contribution in [0, 0.1) is 13.8 Å². The number of aryl methyl sites for hydroxylation is 2. The number of carbonyl (C=O) groups excluding carboxylic acids is 3. The third-order valence-corrected chi connectivity index (χ3v) is 6.70. The number of benzene rings is 1. The van der Waals surface area contributed by atoms with Crippen LogP contribution in [0.4, 0.5) is 4.79 Å². The number of unbranched alkanes of at least 4 members (excludes halogenated alkanes) is 2. The minimum atomic E-state index is -1.23. The number of alkyl carbamates (subject to hydrolysis) is 1. The van der Waals surface area contributed by atoms with E-state index in [0.29, 0.717) is 13.0 Å². The molecule has 3 amide bonds. The van der Waals surface area contributed by atoms with E-state index in [9.17, 15) is 19.5 Å². The Balaban J connectivity index is 2.45. The van der Waals surface area contributed by atoms with E-state index in [4.69, 9.17) is 4.74 Å². The lowest BCUT2D eigenvalue weighted by Gasteiger charge is -2.36. The molecule has 37 heavy (non-hydrogen) atoms. The fourth-order valence-electron chi connectivity index (χ4n) is 4.77. The van der Waals surface area contributed by atoms with Crippen molar-refractivity contribution in [1.29, 1.82) is 0 Å². The van der Waals surface area contributed by atoms with Crippen LogP contribution in [0.25, 0.3) is 0 Å². The van der Waals surface area contributed by atoms with E-state index in [1.54, 1.807) is 20.8 Å². The lowest BCUT2D eigenvalue weighted by molar-refractivity contribution is -0.143. The van der Waals surface area contributed by atoms with Gasteiger partial charge in [-0.15, -0.1) is 0 Å². The van der Waals surface area contributed by atoms with E-state index < -0.39 is 36.3 Å². The first-order valence-corrected chi connectivity index (χ1v) is 13.7. The summed E-state index contributed by atoms with van der Waals surface area (Å²) in [5.74, 6) is -0.728. The zero-order chi connectivity index (χ0) is 27.6. The molecule has 2 unspecified atom stereocenters. The van der Waals surface area contributed by atoms with E-state index in [0.717, 1.165) is 55.2 Å². The van der Waals surface area contributed by atoms with Gasteiger partial charge < -0.3 is 25.4 Å². The number of carbonyl (C=O) groups is 3. The summed E-state index contributed by atoms with van der Waals surface area (Å²) in [5.41, 5.74) is 1.90. The number of hydrogen-bond acceptors (Lipinski definition) is 5. The number of nitrogens with zero attached hydrogens (tertiary/aromatic N) is 1. The Morgan fingerprint density at radius 3 is 2.38 bits per heavy atom. The fourth-order valence-corrected chi connectivity index (χ4v) is 4.77. The highest BCUT2D eigenvalue weighted by molar-refractivity contribution is 5.92. The van der Waals surface area contributed by atoms with Gasteiger partial charge in [0.05, 0.1) is 6.61 Å². The number of aliphatic hydroxyl groups is 1. The van der Waals surface area contributed by atoms with Crippen LogP contribution < -0.4 is 10.6 Å². The Kier molecular flexibility index (Phi) is 11.9. The zero-order valence-corrected chi connectivity index (χ0v) is 23.6. The van der Waals surface area contributed by atoms with Gasteiger partial charge in [-0.3, -0.25) is 9.59 Å². The Morgan fingerprint density at radius 2 is 1.78 bits per heavy atom. The zero-order valence-electron chi connectivity index (χ0n) is 23.6. The van der Waals surface area contributed by atoms with Gasteiger partial charge in [0.1, 0.15) is 17.7 Å². The summed E-state index contributed by atoms with van der Waals surface area (Å²) in [5, 5.41) is 15.8. The maximum atomic E-state index is 13.9. The molecule has 0 radical (unpaired) electrons. The highest BCUT2D eigenvalue weighted by atomic mass is 16.6. The predicted molar refractivity (Wildman–Crippen MR) is 145 cm³/mol. The molecule has 208 valence electrons. The minimum absolute atomic E-state index is 0.0787. The number of aliphatic hydroxyl groups excluding tert-OH is 1. The van der Waals surface area contributed by atoms with E-state index >= 15 is 0 Å². The van der Waals surface area contributed by atoms with Crippen LogP contribution in [0.3, 0.4) is 0 Å². The highest BCUT2D eigenvalue weighted by Crippen LogP contribution is 2.28. The summed E-state index contributed by atoms with van der Waals surface area (Å²) >= 11 is 0. The summed E-state index contributed by atoms with van der Waals surface area (Å²) < 4.78 is 5.32. The number of nitrogens with one attached hydrogen (secondary N) is 2. The van der Waals surface area contributed by atoms with Crippen molar-refractivity contribution in [2.45, 2.75) is 117 Å². The first kappa shape index (κ1) is 30.6. The van der Waals surface area contributed by atoms with Crippen LogP contribution in [0.2, 0.25) is 0 Å². The van der Waals surface area contributed by atoms with Crippen LogP contribution in [0.15, 0.2) is 18.2 Å². The summed E-state index contributed by atoms with van der Waals surface area (Å²) in [7, 11) is 0. The standard InChI is InChI=1S/C29H47N3O5/c1-7-8-12-17-32(27(35)24(19-33)31-28(36)37-29(4,5)6)25(23-18-20(2)15-16-21(23)3)26(34)30-22-13-10-9-11-14-22/h15-16,18,22,24-25,33H,7-14,17,19H2,1-6H3,(H,30,34)(H,31,36). The maximum absolute atomic E-state index is 13.9. The van der Waals surface area contributed by atoms with Gasteiger partial charge in [0, 0.05) is 12.6 Å². The van der Waals surface area contributed by atoms with Crippen molar-refractivity contribution >= 4 is 17.9 Å². The van der Waals surface area contributed by atoms with Gasteiger partial charge >= 0.3 is 6.09 Å². The molecule has 0 saturated heterocycles. The topological polar surface area (TPSA) is 108 Å². The number of hydrogen-bond donors (Lipinski definition) is 3. The molecule has 1 aromatic carbocycles. The van der Waals surface area contributed by atoms with Gasteiger partial charge in [-0.2, -0.15) is 0 Å². The summed E-state index contributed by atoms with van der Waals surface area (Å²) in [4.78, 5) is 41.8. The third-order valence-electron chi connectivity index (χ3n) is 6.70. The first-order chi connectivity index (χ1) is 17.5. The van der Waals surface area contributed by atoms with Crippen LogP contribution in [0.5, 0.6) is 0 Å². The summed E-state index contributed by atoms with van der Waals surface area (Å²) in [6.45, 7) is 10.9. The molecular formula is C29H47N3O5. The quantitative estimate of drug-likeness (QED) is 0.369. The lowest BCUT2D eigenvalue weighted by atomic mass is 9.93. The average Bonchev–Trinajstić information content (AvgIpc) is 2.83. The largest absolute Gasteiger partial charge is 0.444 e. The summed E-state index contributed by atoms with van der Waals surface area (Å²) in [6, 6.07) is 3.87. The molecule has 0 aliphatic heterocycles. The van der Waals surface area contributed by atoms with Crippen molar-refractivity contribution in [2.24, 2.45) is 0 Å². The summed E-state index contributed by atoms with van der Waals surface area (Å²) in [6.07, 6.45) is 6.91. The Labute approximate surface area is 222 Å². The molecule has 1 aliphatic rings. The monoisotopic (exact) mass is 517 g/mol. The van der Waals surface area contributed by atoms with Gasteiger partial charge in [-0.05, 0) is 65.0 Å². The first-order valence-electron chi connectivity index (χ1n) is 13.7. The molecule has 1 fully saturated rings. The Bertz CT molecular complexity index is 905. The molecule has 8 heteroatoms. The van der Waals surface area contributed by atoms with Crippen molar-refractivity contribution < 1.29 is 24.2 Å². The number of ether oxygens (including phenoxy) is 1. The lowest BCUT2D eigenvalue weighted by Crippen LogP contribution is -2.55. The fraction of sp³-hybridized carbons (Fsp3) is 0.690. The molecule has 1 aliphatic carbocycles. The average molecular weight is 518 g/mol. The van der Waals surface area contributed by atoms with Crippen molar-refractivity contribution in [3.8, 4) is 0 Å². The Hall–Kier alpha value is -2.61. The molecule has 1 aromatic rings. The smallest absolute Gasteiger partial charge is 0.408 e. The minimum Gasteiger partial charge on any atom is -0.444 e. The second-order valence-electron chi connectivity index (χ2n) is 11.2. The highest BCUT2D eigenvalue weighted by Gasteiger charge is 2.37.